The number of aromatic nitrogens is 5. The molecule has 5 heterocycles. The molecule has 0 spiro atoms. The Bertz CT molecular complexity index is 1480. The van der Waals surface area contributed by atoms with Crippen LogP contribution in [0.3, 0.4) is 0 Å². The van der Waals surface area contributed by atoms with Crippen LogP contribution in [0.25, 0.3) is 16.6 Å². The molecule has 4 aromatic rings. The third-order valence-electron chi connectivity index (χ3n) is 8.44. The summed E-state index contributed by atoms with van der Waals surface area (Å²) in [4.78, 5) is 16.1. The molecule has 2 bridgehead atoms. The Kier molecular flexibility index (Phi) is 5.74. The van der Waals surface area contributed by atoms with Gasteiger partial charge in [0.05, 0.1) is 11.0 Å². The van der Waals surface area contributed by atoms with Gasteiger partial charge in [-0.05, 0) is 76.3 Å². The van der Waals surface area contributed by atoms with E-state index in [4.69, 9.17) is 0 Å². The number of nitrogens with zero attached hydrogens (tertiary/aromatic N) is 6. The Morgan fingerprint density at radius 3 is 2.39 bits per heavy atom. The van der Waals surface area contributed by atoms with Gasteiger partial charge in [-0.25, -0.2) is 4.39 Å². The summed E-state index contributed by atoms with van der Waals surface area (Å²) in [6.07, 6.45) is 5.62. The van der Waals surface area contributed by atoms with E-state index in [1.54, 1.807) is 6.07 Å². The van der Waals surface area contributed by atoms with E-state index in [0.29, 0.717) is 36.1 Å². The van der Waals surface area contributed by atoms with E-state index in [1.165, 1.54) is 25.0 Å². The molecule has 0 amide bonds. The molecule has 1 aromatic carbocycles. The van der Waals surface area contributed by atoms with Crippen molar-refractivity contribution >= 4 is 16.6 Å². The second-order valence-electron chi connectivity index (χ2n) is 11.0. The van der Waals surface area contributed by atoms with Crippen LogP contribution in [0, 0.1) is 19.7 Å². The molecule has 8 heteroatoms. The van der Waals surface area contributed by atoms with Gasteiger partial charge in [0.2, 0.25) is 0 Å². The molecule has 6 rings (SSSR count). The molecule has 36 heavy (non-hydrogen) atoms. The van der Waals surface area contributed by atoms with Gasteiger partial charge in [-0.1, -0.05) is 13.8 Å². The van der Waals surface area contributed by atoms with Crippen molar-refractivity contribution in [2.24, 2.45) is 0 Å². The van der Waals surface area contributed by atoms with E-state index in [-0.39, 0.29) is 11.4 Å². The van der Waals surface area contributed by atoms with Crippen molar-refractivity contribution in [1.82, 2.24) is 28.6 Å². The van der Waals surface area contributed by atoms with Gasteiger partial charge in [0.25, 0.3) is 5.56 Å². The summed E-state index contributed by atoms with van der Waals surface area (Å²) < 4.78 is 20.2. The summed E-state index contributed by atoms with van der Waals surface area (Å²) in [5.41, 5.74) is 3.08. The maximum atomic E-state index is 14.1. The van der Waals surface area contributed by atoms with E-state index in [9.17, 15) is 9.18 Å². The molecule has 2 fully saturated rings. The Morgan fingerprint density at radius 1 is 0.944 bits per heavy atom. The molecule has 3 atom stereocenters. The summed E-state index contributed by atoms with van der Waals surface area (Å²) in [6, 6.07) is 10.1. The van der Waals surface area contributed by atoms with Crippen LogP contribution in [-0.4, -0.2) is 47.3 Å². The van der Waals surface area contributed by atoms with E-state index in [2.05, 4.69) is 40.4 Å². The van der Waals surface area contributed by atoms with Gasteiger partial charge in [0, 0.05) is 42.8 Å². The fraction of sp³-hybridized carbons (Fsp3) is 0.536. The highest BCUT2D eigenvalue weighted by atomic mass is 19.1. The first-order valence-corrected chi connectivity index (χ1v) is 13.3. The molecule has 3 aromatic heterocycles. The molecule has 0 aliphatic carbocycles. The molecule has 190 valence electrons. The number of hydrogen-bond donors (Lipinski definition) is 0. The molecule has 0 saturated carbocycles. The molecule has 2 aliphatic rings. The lowest BCUT2D eigenvalue weighted by Gasteiger charge is -2.40. The second-order valence-corrected chi connectivity index (χ2v) is 11.0. The van der Waals surface area contributed by atoms with Crippen LogP contribution < -0.4 is 5.56 Å². The van der Waals surface area contributed by atoms with Crippen molar-refractivity contribution in [2.75, 3.05) is 6.54 Å². The van der Waals surface area contributed by atoms with Gasteiger partial charge in [0.1, 0.15) is 23.0 Å². The zero-order chi connectivity index (χ0) is 25.1. The molecule has 2 aliphatic heterocycles. The lowest BCUT2D eigenvalue weighted by molar-refractivity contribution is 0.102. The van der Waals surface area contributed by atoms with E-state index >= 15 is 0 Å². The third kappa shape index (κ3) is 3.69. The molecular weight excluding hydrogens is 455 g/mol. The van der Waals surface area contributed by atoms with Gasteiger partial charge in [0.15, 0.2) is 0 Å². The van der Waals surface area contributed by atoms with Crippen LogP contribution in [0.15, 0.2) is 35.1 Å². The first-order chi connectivity index (χ1) is 17.3. The van der Waals surface area contributed by atoms with E-state index in [1.807, 2.05) is 28.0 Å². The second kappa shape index (κ2) is 8.83. The third-order valence-corrected chi connectivity index (χ3v) is 8.44. The summed E-state index contributed by atoms with van der Waals surface area (Å²) in [6.45, 7) is 10.0. The summed E-state index contributed by atoms with van der Waals surface area (Å²) >= 11 is 0. The highest BCUT2D eigenvalue weighted by molar-refractivity contribution is 5.79. The molecule has 0 N–H and O–H groups in total. The lowest BCUT2D eigenvalue weighted by atomic mass is 9.96. The zero-order valence-corrected chi connectivity index (χ0v) is 21.6. The van der Waals surface area contributed by atoms with Crippen molar-refractivity contribution in [3.63, 3.8) is 0 Å². The monoisotopic (exact) mass is 490 g/mol. The first kappa shape index (κ1) is 23.4. The van der Waals surface area contributed by atoms with Gasteiger partial charge >= 0.3 is 0 Å². The predicted molar refractivity (Wildman–Crippen MR) is 139 cm³/mol. The number of aryl methyl sites for hydroxylation is 3. The Morgan fingerprint density at radius 2 is 1.67 bits per heavy atom. The van der Waals surface area contributed by atoms with Crippen LogP contribution in [0.1, 0.15) is 75.3 Å². The average molecular weight is 491 g/mol. The highest BCUT2D eigenvalue weighted by Gasteiger charge is 2.41. The van der Waals surface area contributed by atoms with Gasteiger partial charge in [-0.15, -0.1) is 10.2 Å². The maximum absolute atomic E-state index is 14.1. The summed E-state index contributed by atoms with van der Waals surface area (Å²) in [5.74, 6) is 2.20. The SMILES string of the molecule is Cc1nnc(C(C)C)n1C1C[C@H]2CC[C@@H](C1)N2CCCn1c(=O)c2ccc(C)n2c2cc(F)ccc21. The van der Waals surface area contributed by atoms with Crippen LogP contribution in [0.5, 0.6) is 0 Å². The number of benzene rings is 1. The lowest BCUT2D eigenvalue weighted by Crippen LogP contribution is -2.44. The average Bonchev–Trinajstić information content (AvgIpc) is 3.49. The number of rotatable bonds is 6. The van der Waals surface area contributed by atoms with Crippen molar-refractivity contribution in [3.05, 3.63) is 63.8 Å². The molecule has 7 nitrogen and oxygen atoms in total. The minimum atomic E-state index is -0.287. The highest BCUT2D eigenvalue weighted by Crippen LogP contribution is 2.42. The maximum Gasteiger partial charge on any atom is 0.275 e. The molecule has 0 radical (unpaired) electrons. The number of piperidine rings is 1. The molecule has 1 unspecified atom stereocenters. The van der Waals surface area contributed by atoms with Crippen LogP contribution in [-0.2, 0) is 6.54 Å². The fourth-order valence-electron chi connectivity index (χ4n) is 6.86. The molecule has 2 saturated heterocycles. The quantitative estimate of drug-likeness (QED) is 0.382. The van der Waals surface area contributed by atoms with Gasteiger partial charge < -0.3 is 13.5 Å². The van der Waals surface area contributed by atoms with Crippen molar-refractivity contribution in [3.8, 4) is 0 Å². The molecular formula is C28H35FN6O. The number of fused-ring (bicyclic) bond motifs is 5. The van der Waals surface area contributed by atoms with Crippen molar-refractivity contribution < 1.29 is 4.39 Å². The minimum absolute atomic E-state index is 0.00631. The number of hydrogen-bond acceptors (Lipinski definition) is 4. The minimum Gasteiger partial charge on any atom is -0.312 e. The fourth-order valence-corrected chi connectivity index (χ4v) is 6.86. The predicted octanol–water partition coefficient (Wildman–Crippen LogP) is 4.98. The van der Waals surface area contributed by atoms with Crippen LogP contribution in [0.2, 0.25) is 0 Å². The number of halogens is 1. The normalized spacial score (nSPS) is 22.4. The Hall–Kier alpha value is -3.00. The zero-order valence-electron chi connectivity index (χ0n) is 21.6. The largest absolute Gasteiger partial charge is 0.312 e. The Labute approximate surface area is 210 Å². The van der Waals surface area contributed by atoms with Crippen LogP contribution >= 0.6 is 0 Å². The van der Waals surface area contributed by atoms with Crippen molar-refractivity contribution in [2.45, 2.75) is 90.4 Å². The first-order valence-electron chi connectivity index (χ1n) is 13.3. The topological polar surface area (TPSA) is 60.4 Å². The van der Waals surface area contributed by atoms with Gasteiger partial charge in [-0.2, -0.15) is 0 Å². The standard InChI is InChI=1S/C28H35FN6O/c1-17(2)27-31-30-19(4)35(27)23-15-21-8-9-22(16-23)32(21)12-5-13-33-24-11-7-20(29)14-26(24)34-18(3)6-10-25(34)28(33)36/h6-7,10-11,14,17,21-23H,5,8-9,12-13,15-16H2,1-4H3/t21-,22+,23?. The van der Waals surface area contributed by atoms with Crippen molar-refractivity contribution in [1.29, 1.82) is 0 Å². The van der Waals surface area contributed by atoms with E-state index in [0.717, 1.165) is 54.2 Å². The summed E-state index contributed by atoms with van der Waals surface area (Å²) in [5, 5.41) is 8.86. The smallest absolute Gasteiger partial charge is 0.275 e. The summed E-state index contributed by atoms with van der Waals surface area (Å²) in [7, 11) is 0. The van der Waals surface area contributed by atoms with Gasteiger partial charge in [-0.3, -0.25) is 9.69 Å². The Balaban J connectivity index is 1.21. The van der Waals surface area contributed by atoms with Crippen LogP contribution in [0.4, 0.5) is 4.39 Å². The van der Waals surface area contributed by atoms with E-state index < -0.39 is 0 Å².